The van der Waals surface area contributed by atoms with Crippen LogP contribution in [0.25, 0.3) is 0 Å². The van der Waals surface area contributed by atoms with Gasteiger partial charge in [-0.1, -0.05) is 0 Å². The molecule has 0 atom stereocenters. The molecule has 1 aromatic rings. The van der Waals surface area contributed by atoms with Gasteiger partial charge in [-0.05, 0) is 30.7 Å². The Balaban J connectivity index is 2.45. The maximum absolute atomic E-state index is 10.8. The standard InChI is InChI=1S/C12H16O5/c1-9-8-10(2-3-11(9)12(14)15)17-7-6-16-5-4-13/h2-3,8,13H,4-7H2,1H3,(H,14,15). The van der Waals surface area contributed by atoms with Crippen molar-refractivity contribution in [3.63, 3.8) is 0 Å². The van der Waals surface area contributed by atoms with Crippen molar-refractivity contribution >= 4 is 5.97 Å². The van der Waals surface area contributed by atoms with Crippen LogP contribution in [-0.2, 0) is 4.74 Å². The van der Waals surface area contributed by atoms with E-state index < -0.39 is 5.97 Å². The molecule has 0 spiro atoms. The second kappa shape index (κ2) is 6.88. The quantitative estimate of drug-likeness (QED) is 0.697. The minimum Gasteiger partial charge on any atom is -0.491 e. The topological polar surface area (TPSA) is 76.0 Å². The van der Waals surface area contributed by atoms with E-state index in [0.29, 0.717) is 31.1 Å². The Morgan fingerprint density at radius 2 is 2.06 bits per heavy atom. The Morgan fingerprint density at radius 1 is 1.29 bits per heavy atom. The molecule has 5 heteroatoms. The summed E-state index contributed by atoms with van der Waals surface area (Å²) in [6, 6.07) is 4.81. The van der Waals surface area contributed by atoms with E-state index in [4.69, 9.17) is 19.7 Å². The highest BCUT2D eigenvalue weighted by Gasteiger charge is 2.07. The van der Waals surface area contributed by atoms with Gasteiger partial charge in [0.05, 0.1) is 25.4 Å². The first-order valence-corrected chi connectivity index (χ1v) is 5.30. The number of aryl methyl sites for hydroxylation is 1. The summed E-state index contributed by atoms with van der Waals surface area (Å²) in [5, 5.41) is 17.3. The number of benzene rings is 1. The molecule has 1 aromatic carbocycles. The van der Waals surface area contributed by atoms with Crippen molar-refractivity contribution in [2.45, 2.75) is 6.92 Å². The highest BCUT2D eigenvalue weighted by atomic mass is 16.5. The van der Waals surface area contributed by atoms with Crippen LogP contribution in [0.15, 0.2) is 18.2 Å². The number of aromatic carboxylic acids is 1. The number of hydrogen-bond donors (Lipinski definition) is 2. The van der Waals surface area contributed by atoms with Gasteiger partial charge in [0, 0.05) is 0 Å². The van der Waals surface area contributed by atoms with E-state index in [0.717, 1.165) is 0 Å². The average molecular weight is 240 g/mol. The first kappa shape index (κ1) is 13.5. The van der Waals surface area contributed by atoms with E-state index >= 15 is 0 Å². The highest BCUT2D eigenvalue weighted by molar-refractivity contribution is 5.89. The Kier molecular flexibility index (Phi) is 5.45. The summed E-state index contributed by atoms with van der Waals surface area (Å²) in [5.74, 6) is -0.333. The molecule has 0 amide bonds. The van der Waals surface area contributed by atoms with Crippen molar-refractivity contribution in [1.82, 2.24) is 0 Å². The SMILES string of the molecule is Cc1cc(OCCOCCO)ccc1C(=O)O. The van der Waals surface area contributed by atoms with Crippen LogP contribution >= 0.6 is 0 Å². The Morgan fingerprint density at radius 3 is 2.65 bits per heavy atom. The molecule has 0 saturated carbocycles. The largest absolute Gasteiger partial charge is 0.491 e. The Labute approximate surface area is 99.6 Å². The van der Waals surface area contributed by atoms with Crippen LogP contribution in [0.3, 0.4) is 0 Å². The summed E-state index contributed by atoms with van der Waals surface area (Å²) < 4.78 is 10.4. The fraction of sp³-hybridized carbons (Fsp3) is 0.417. The molecule has 5 nitrogen and oxygen atoms in total. The lowest BCUT2D eigenvalue weighted by Crippen LogP contribution is -2.09. The van der Waals surface area contributed by atoms with E-state index in [1.54, 1.807) is 19.1 Å². The molecule has 0 aliphatic heterocycles. The van der Waals surface area contributed by atoms with Crippen LogP contribution in [0, 0.1) is 6.92 Å². The van der Waals surface area contributed by atoms with Crippen molar-refractivity contribution in [2.24, 2.45) is 0 Å². The first-order chi connectivity index (χ1) is 8.15. The third-order valence-corrected chi connectivity index (χ3v) is 2.16. The van der Waals surface area contributed by atoms with Gasteiger partial charge >= 0.3 is 5.97 Å². The summed E-state index contributed by atoms with van der Waals surface area (Å²) in [6.45, 7) is 2.76. The van der Waals surface area contributed by atoms with Gasteiger partial charge in [0.2, 0.25) is 0 Å². The fourth-order valence-corrected chi connectivity index (χ4v) is 1.35. The van der Waals surface area contributed by atoms with E-state index in [1.807, 2.05) is 0 Å². The smallest absolute Gasteiger partial charge is 0.335 e. The lowest BCUT2D eigenvalue weighted by atomic mass is 10.1. The van der Waals surface area contributed by atoms with Gasteiger partial charge in [-0.15, -0.1) is 0 Å². The monoisotopic (exact) mass is 240 g/mol. The summed E-state index contributed by atoms with van der Waals surface area (Å²) in [6.07, 6.45) is 0. The zero-order valence-corrected chi connectivity index (χ0v) is 9.68. The average Bonchev–Trinajstić information content (AvgIpc) is 2.28. The number of aliphatic hydroxyl groups is 1. The molecule has 94 valence electrons. The number of carboxylic acid groups (broad SMARTS) is 1. The van der Waals surface area contributed by atoms with Crippen LogP contribution in [0.1, 0.15) is 15.9 Å². The van der Waals surface area contributed by atoms with Gasteiger partial charge in [-0.3, -0.25) is 0 Å². The molecule has 0 aliphatic rings. The van der Waals surface area contributed by atoms with Crippen molar-refractivity contribution < 1.29 is 24.5 Å². The van der Waals surface area contributed by atoms with E-state index in [1.165, 1.54) is 6.07 Å². The third-order valence-electron chi connectivity index (χ3n) is 2.16. The van der Waals surface area contributed by atoms with Gasteiger partial charge in [0.15, 0.2) is 0 Å². The van der Waals surface area contributed by atoms with Gasteiger partial charge in [0.1, 0.15) is 12.4 Å². The third kappa shape index (κ3) is 4.42. The molecule has 0 saturated heterocycles. The molecular formula is C12H16O5. The minimum atomic E-state index is -0.944. The molecule has 1 rings (SSSR count). The summed E-state index contributed by atoms with van der Waals surface area (Å²) in [4.78, 5) is 10.8. The van der Waals surface area contributed by atoms with Crippen LogP contribution in [0.2, 0.25) is 0 Å². The van der Waals surface area contributed by atoms with Crippen molar-refractivity contribution in [3.05, 3.63) is 29.3 Å². The van der Waals surface area contributed by atoms with Gasteiger partial charge in [-0.25, -0.2) is 4.79 Å². The molecular weight excluding hydrogens is 224 g/mol. The predicted molar refractivity (Wildman–Crippen MR) is 61.5 cm³/mol. The van der Waals surface area contributed by atoms with Gasteiger partial charge in [-0.2, -0.15) is 0 Å². The Hall–Kier alpha value is -1.59. The van der Waals surface area contributed by atoms with Crippen molar-refractivity contribution in [2.75, 3.05) is 26.4 Å². The first-order valence-electron chi connectivity index (χ1n) is 5.30. The number of hydrogen-bond acceptors (Lipinski definition) is 4. The van der Waals surface area contributed by atoms with Crippen LogP contribution < -0.4 is 4.74 Å². The van der Waals surface area contributed by atoms with Crippen LogP contribution in [0.5, 0.6) is 5.75 Å². The molecule has 0 radical (unpaired) electrons. The summed E-state index contributed by atoms with van der Waals surface area (Å²) >= 11 is 0. The normalized spacial score (nSPS) is 10.2. The molecule has 17 heavy (non-hydrogen) atoms. The molecule has 0 heterocycles. The molecule has 0 aliphatic carbocycles. The summed E-state index contributed by atoms with van der Waals surface area (Å²) in [5.41, 5.74) is 0.931. The molecule has 2 N–H and O–H groups in total. The lowest BCUT2D eigenvalue weighted by molar-refractivity contribution is 0.0693. The molecule has 0 bridgehead atoms. The minimum absolute atomic E-state index is 0.00752. The maximum atomic E-state index is 10.8. The lowest BCUT2D eigenvalue weighted by Gasteiger charge is -2.08. The Bertz CT molecular complexity index is 375. The van der Waals surface area contributed by atoms with E-state index in [-0.39, 0.29) is 12.2 Å². The van der Waals surface area contributed by atoms with Crippen molar-refractivity contribution in [3.8, 4) is 5.75 Å². The molecule has 0 unspecified atom stereocenters. The second-order valence-corrected chi connectivity index (χ2v) is 3.47. The number of rotatable bonds is 7. The predicted octanol–water partition coefficient (Wildman–Crippen LogP) is 1.08. The number of aliphatic hydroxyl groups excluding tert-OH is 1. The number of carbonyl (C=O) groups is 1. The zero-order valence-electron chi connectivity index (χ0n) is 9.68. The molecule has 0 aromatic heterocycles. The molecule has 0 fully saturated rings. The maximum Gasteiger partial charge on any atom is 0.335 e. The van der Waals surface area contributed by atoms with Crippen molar-refractivity contribution in [1.29, 1.82) is 0 Å². The number of ether oxygens (including phenoxy) is 2. The highest BCUT2D eigenvalue weighted by Crippen LogP contribution is 2.17. The second-order valence-electron chi connectivity index (χ2n) is 3.47. The number of carboxylic acids is 1. The zero-order chi connectivity index (χ0) is 12.7. The van der Waals surface area contributed by atoms with E-state index in [2.05, 4.69) is 0 Å². The van der Waals surface area contributed by atoms with Crippen LogP contribution in [-0.4, -0.2) is 42.6 Å². The fourth-order valence-electron chi connectivity index (χ4n) is 1.35. The van der Waals surface area contributed by atoms with Crippen LogP contribution in [0.4, 0.5) is 0 Å². The van der Waals surface area contributed by atoms with Gasteiger partial charge in [0.25, 0.3) is 0 Å². The van der Waals surface area contributed by atoms with E-state index in [9.17, 15) is 4.79 Å². The summed E-state index contributed by atoms with van der Waals surface area (Å²) in [7, 11) is 0. The van der Waals surface area contributed by atoms with Gasteiger partial charge < -0.3 is 19.7 Å².